The molecular weight excluding hydrogens is 370 g/mol. The number of nitro benzene ring substituents is 1. The largest absolute Gasteiger partial charge is 0.491 e. The van der Waals surface area contributed by atoms with Gasteiger partial charge in [0, 0.05) is 23.7 Å². The number of amides is 1. The molecule has 7 nitrogen and oxygen atoms in total. The summed E-state index contributed by atoms with van der Waals surface area (Å²) in [5.41, 5.74) is 1.17. The highest BCUT2D eigenvalue weighted by Crippen LogP contribution is 2.25. The molecule has 0 saturated carbocycles. The Hall–Kier alpha value is -2.64. The van der Waals surface area contributed by atoms with E-state index < -0.39 is 4.92 Å². The molecule has 2 rings (SSSR count). The first-order valence-corrected chi connectivity index (χ1v) is 8.91. The van der Waals surface area contributed by atoms with E-state index in [2.05, 4.69) is 5.32 Å². The van der Waals surface area contributed by atoms with E-state index in [-0.39, 0.29) is 18.1 Å². The molecule has 0 aliphatic rings. The molecule has 1 N–H and O–H groups in total. The smallest absolute Gasteiger partial charge is 0.269 e. The molecule has 2 aromatic rings. The summed E-state index contributed by atoms with van der Waals surface area (Å²) in [6.07, 6.45) is 0.870. The van der Waals surface area contributed by atoms with Crippen molar-refractivity contribution in [3.05, 3.63) is 63.2 Å². The van der Waals surface area contributed by atoms with Gasteiger partial charge in [-0.1, -0.05) is 30.7 Å². The van der Waals surface area contributed by atoms with Crippen molar-refractivity contribution in [3.63, 3.8) is 0 Å². The number of benzene rings is 2. The number of para-hydroxylation sites is 2. The molecule has 8 heteroatoms. The second-order valence-corrected chi connectivity index (χ2v) is 6.51. The predicted molar refractivity (Wildman–Crippen MR) is 105 cm³/mol. The number of hydrogen-bond acceptors (Lipinski definition) is 5. The molecule has 0 aliphatic carbocycles. The maximum absolute atomic E-state index is 12.3. The molecule has 0 unspecified atom stereocenters. The van der Waals surface area contributed by atoms with Gasteiger partial charge in [-0.05, 0) is 37.2 Å². The lowest BCUT2D eigenvalue weighted by molar-refractivity contribution is -0.384. The van der Waals surface area contributed by atoms with E-state index in [9.17, 15) is 14.9 Å². The molecule has 0 saturated heterocycles. The Morgan fingerprint density at radius 1 is 1.30 bits per heavy atom. The zero-order chi connectivity index (χ0) is 19.8. The van der Waals surface area contributed by atoms with Crippen LogP contribution in [0.25, 0.3) is 0 Å². The minimum atomic E-state index is -0.472. The number of non-ortho nitro benzene ring substituents is 1. The number of ether oxygens (including phenoxy) is 1. The van der Waals surface area contributed by atoms with Crippen LogP contribution < -0.4 is 10.1 Å². The monoisotopic (exact) mass is 391 g/mol. The normalized spacial score (nSPS) is 10.7. The van der Waals surface area contributed by atoms with Gasteiger partial charge in [0.1, 0.15) is 5.75 Å². The minimum absolute atomic E-state index is 0.0331. The lowest BCUT2D eigenvalue weighted by Gasteiger charge is -2.18. The number of halogens is 1. The highest BCUT2D eigenvalue weighted by Gasteiger charge is 2.14. The van der Waals surface area contributed by atoms with E-state index in [1.165, 1.54) is 18.2 Å². The first kappa shape index (κ1) is 20.7. The van der Waals surface area contributed by atoms with Gasteiger partial charge in [-0.3, -0.25) is 19.8 Å². The first-order chi connectivity index (χ1) is 12.9. The van der Waals surface area contributed by atoms with Crippen LogP contribution in [-0.4, -0.2) is 35.9 Å². The van der Waals surface area contributed by atoms with E-state index in [4.69, 9.17) is 16.3 Å². The zero-order valence-corrected chi connectivity index (χ0v) is 16.0. The summed E-state index contributed by atoms with van der Waals surface area (Å²) in [7, 11) is 1.74. The van der Waals surface area contributed by atoms with Crippen molar-refractivity contribution in [2.45, 2.75) is 19.9 Å². The van der Waals surface area contributed by atoms with Gasteiger partial charge in [0.15, 0.2) is 0 Å². The Bertz CT molecular complexity index is 813. The van der Waals surface area contributed by atoms with Crippen LogP contribution in [0.1, 0.15) is 18.9 Å². The predicted octanol–water partition coefficient (Wildman–Crippen LogP) is 4.11. The molecule has 0 fully saturated rings. The van der Waals surface area contributed by atoms with Crippen LogP contribution in [0.4, 0.5) is 11.4 Å². The van der Waals surface area contributed by atoms with Crippen molar-refractivity contribution in [1.82, 2.24) is 4.90 Å². The van der Waals surface area contributed by atoms with Crippen molar-refractivity contribution in [1.29, 1.82) is 0 Å². The number of rotatable bonds is 9. The lowest BCUT2D eigenvalue weighted by atomic mass is 10.2. The fourth-order valence-electron chi connectivity index (χ4n) is 2.49. The van der Waals surface area contributed by atoms with Gasteiger partial charge in [0.2, 0.25) is 5.91 Å². The number of carbonyl (C=O) groups excluding carboxylic acids is 1. The average Bonchev–Trinajstić information content (AvgIpc) is 2.62. The maximum atomic E-state index is 12.3. The summed E-state index contributed by atoms with van der Waals surface area (Å²) in [6, 6.07) is 11.5. The Labute approximate surface area is 163 Å². The van der Waals surface area contributed by atoms with Crippen LogP contribution in [-0.2, 0) is 11.3 Å². The van der Waals surface area contributed by atoms with Gasteiger partial charge in [-0.2, -0.15) is 0 Å². The topological polar surface area (TPSA) is 84.7 Å². The van der Waals surface area contributed by atoms with E-state index >= 15 is 0 Å². The van der Waals surface area contributed by atoms with Crippen LogP contribution in [0, 0.1) is 10.1 Å². The fourth-order valence-corrected chi connectivity index (χ4v) is 2.66. The Morgan fingerprint density at radius 3 is 2.74 bits per heavy atom. The second-order valence-electron chi connectivity index (χ2n) is 6.10. The van der Waals surface area contributed by atoms with Crippen LogP contribution in [0.5, 0.6) is 5.75 Å². The number of hydrogen-bond donors (Lipinski definition) is 1. The molecule has 0 aromatic heterocycles. The Balaban J connectivity index is 1.98. The third-order valence-corrected chi connectivity index (χ3v) is 4.09. The number of nitrogens with zero attached hydrogens (tertiary/aromatic N) is 2. The van der Waals surface area contributed by atoms with E-state index in [0.29, 0.717) is 35.2 Å². The van der Waals surface area contributed by atoms with Crippen LogP contribution in [0.3, 0.4) is 0 Å². The number of nitrogens with one attached hydrogen (secondary N) is 1. The summed E-state index contributed by atoms with van der Waals surface area (Å²) < 4.78 is 5.63. The number of nitro groups is 1. The van der Waals surface area contributed by atoms with Crippen LogP contribution in [0.15, 0.2) is 42.5 Å². The van der Waals surface area contributed by atoms with Gasteiger partial charge in [-0.15, -0.1) is 0 Å². The van der Waals surface area contributed by atoms with Crippen LogP contribution in [0.2, 0.25) is 5.02 Å². The quantitative estimate of drug-likeness (QED) is 0.513. The minimum Gasteiger partial charge on any atom is -0.491 e. The summed E-state index contributed by atoms with van der Waals surface area (Å²) in [4.78, 5) is 24.5. The molecule has 0 atom stereocenters. The molecule has 144 valence electrons. The van der Waals surface area contributed by atoms with E-state index in [0.717, 1.165) is 6.42 Å². The van der Waals surface area contributed by atoms with Gasteiger partial charge in [-0.25, -0.2) is 0 Å². The molecule has 0 aliphatic heterocycles. The summed E-state index contributed by atoms with van der Waals surface area (Å²) >= 11 is 6.11. The molecule has 2 aromatic carbocycles. The second kappa shape index (κ2) is 9.89. The van der Waals surface area contributed by atoms with Gasteiger partial charge >= 0.3 is 0 Å². The molecule has 0 bridgehead atoms. The molecule has 0 heterocycles. The molecule has 1 amide bonds. The van der Waals surface area contributed by atoms with Crippen LogP contribution >= 0.6 is 11.6 Å². The third kappa shape index (κ3) is 6.23. The van der Waals surface area contributed by atoms with Crippen molar-refractivity contribution >= 4 is 28.9 Å². The molecular formula is C19H22ClN3O4. The fraction of sp³-hybridized carbons (Fsp3) is 0.316. The zero-order valence-electron chi connectivity index (χ0n) is 15.3. The highest BCUT2D eigenvalue weighted by atomic mass is 35.5. The summed E-state index contributed by atoms with van der Waals surface area (Å²) in [5.74, 6) is 0.406. The Kier molecular flexibility index (Phi) is 7.57. The Morgan fingerprint density at radius 2 is 2.04 bits per heavy atom. The van der Waals surface area contributed by atoms with E-state index in [1.54, 1.807) is 24.1 Å². The number of carbonyl (C=O) groups is 1. The highest BCUT2D eigenvalue weighted by molar-refractivity contribution is 6.31. The van der Waals surface area contributed by atoms with Gasteiger partial charge in [0.25, 0.3) is 5.69 Å². The molecule has 0 spiro atoms. The van der Waals surface area contributed by atoms with Crippen molar-refractivity contribution in [2.24, 2.45) is 0 Å². The summed E-state index contributed by atoms with van der Waals surface area (Å²) in [6.45, 7) is 2.98. The van der Waals surface area contributed by atoms with Crippen molar-refractivity contribution < 1.29 is 14.5 Å². The lowest BCUT2D eigenvalue weighted by Crippen LogP contribution is -2.30. The maximum Gasteiger partial charge on any atom is 0.269 e. The molecule has 0 radical (unpaired) electrons. The number of likely N-dealkylation sites (N-methyl/N-ethyl adjacent to an activating group) is 1. The SMILES string of the molecule is CCCOc1ccccc1NC(=O)CN(C)Cc1cc([N+](=O)[O-])ccc1Cl. The van der Waals surface area contributed by atoms with Gasteiger partial charge < -0.3 is 10.1 Å². The van der Waals surface area contributed by atoms with Crippen molar-refractivity contribution in [3.8, 4) is 5.75 Å². The third-order valence-electron chi connectivity index (χ3n) is 3.72. The first-order valence-electron chi connectivity index (χ1n) is 8.53. The number of anilines is 1. The van der Waals surface area contributed by atoms with E-state index in [1.807, 2.05) is 19.1 Å². The van der Waals surface area contributed by atoms with Crippen molar-refractivity contribution in [2.75, 3.05) is 25.5 Å². The average molecular weight is 392 g/mol. The standard InChI is InChI=1S/C19H22ClN3O4/c1-3-10-27-18-7-5-4-6-17(18)21-19(24)13-22(2)12-14-11-15(23(25)26)8-9-16(14)20/h4-9,11H,3,10,12-13H2,1-2H3,(H,21,24). The summed E-state index contributed by atoms with van der Waals surface area (Å²) in [5, 5.41) is 14.2. The van der Waals surface area contributed by atoms with Gasteiger partial charge in [0.05, 0.1) is 23.8 Å². The molecule has 27 heavy (non-hydrogen) atoms.